The Labute approximate surface area is 112 Å². The highest BCUT2D eigenvalue weighted by molar-refractivity contribution is 5.92. The van der Waals surface area contributed by atoms with Crippen molar-refractivity contribution in [1.82, 2.24) is 4.90 Å². The van der Waals surface area contributed by atoms with Crippen molar-refractivity contribution in [2.75, 3.05) is 25.0 Å². The van der Waals surface area contributed by atoms with E-state index >= 15 is 0 Å². The van der Waals surface area contributed by atoms with E-state index in [1.54, 1.807) is 4.90 Å². The van der Waals surface area contributed by atoms with Crippen molar-refractivity contribution in [2.45, 2.75) is 0 Å². The van der Waals surface area contributed by atoms with Crippen LogP contribution in [0.5, 0.6) is 0 Å². The number of carbonyl (C=O) groups excluding carboxylic acids is 1. The average molecular weight is 288 g/mol. The summed E-state index contributed by atoms with van der Waals surface area (Å²) in [6, 6.07) is 1.62. The van der Waals surface area contributed by atoms with E-state index in [0.717, 1.165) is 6.07 Å². The fraction of sp³-hybridized carbons (Fsp3) is 0.333. The number of nitrogens with one attached hydrogen (secondary N) is 1. The van der Waals surface area contributed by atoms with Gasteiger partial charge in [-0.25, -0.2) is 13.2 Å². The molecule has 5 nitrogen and oxygen atoms in total. The highest BCUT2D eigenvalue weighted by Gasteiger charge is 2.33. The molecule has 8 heteroatoms. The fourth-order valence-electron chi connectivity index (χ4n) is 1.87. The number of amides is 1. The molecule has 1 fully saturated rings. The van der Waals surface area contributed by atoms with Crippen LogP contribution in [0.15, 0.2) is 12.1 Å². The molecule has 1 heterocycles. The minimum Gasteiger partial charge on any atom is -0.481 e. The molecular formula is C12H11F3N2O3. The molecule has 1 aromatic rings. The van der Waals surface area contributed by atoms with Crippen molar-refractivity contribution in [3.05, 3.63) is 29.6 Å². The average Bonchev–Trinajstić information content (AvgIpc) is 2.33. The molecule has 1 aromatic carbocycles. The summed E-state index contributed by atoms with van der Waals surface area (Å²) in [5.41, 5.74) is -0.454. The largest absolute Gasteiger partial charge is 0.481 e. The number of nitrogens with zero attached hydrogens (tertiary/aromatic N) is 1. The van der Waals surface area contributed by atoms with Crippen molar-refractivity contribution < 1.29 is 27.9 Å². The lowest BCUT2D eigenvalue weighted by atomic mass is 10.0. The summed E-state index contributed by atoms with van der Waals surface area (Å²) in [7, 11) is 0. The topological polar surface area (TPSA) is 69.6 Å². The first-order chi connectivity index (χ1) is 9.38. The molecule has 0 atom stereocenters. The third-order valence-electron chi connectivity index (χ3n) is 2.98. The maximum atomic E-state index is 13.3. The molecule has 1 aliphatic rings. The van der Waals surface area contributed by atoms with Crippen LogP contribution in [0.25, 0.3) is 0 Å². The molecule has 0 saturated carbocycles. The van der Waals surface area contributed by atoms with Crippen molar-refractivity contribution in [3.8, 4) is 0 Å². The number of carboxylic acid groups (broad SMARTS) is 1. The van der Waals surface area contributed by atoms with Crippen molar-refractivity contribution >= 4 is 17.6 Å². The van der Waals surface area contributed by atoms with Crippen LogP contribution >= 0.6 is 0 Å². The van der Waals surface area contributed by atoms with E-state index in [4.69, 9.17) is 5.11 Å². The number of anilines is 1. The van der Waals surface area contributed by atoms with Crippen LogP contribution in [-0.4, -0.2) is 41.5 Å². The smallest absolute Gasteiger partial charge is 0.309 e. The van der Waals surface area contributed by atoms with Gasteiger partial charge in [0.15, 0.2) is 17.5 Å². The van der Waals surface area contributed by atoms with Gasteiger partial charge in [-0.15, -0.1) is 0 Å². The van der Waals surface area contributed by atoms with Crippen molar-refractivity contribution in [2.24, 2.45) is 5.92 Å². The lowest BCUT2D eigenvalue weighted by molar-refractivity contribution is -0.148. The summed E-state index contributed by atoms with van der Waals surface area (Å²) in [6.07, 6.45) is 0. The molecule has 20 heavy (non-hydrogen) atoms. The Bertz CT molecular complexity index is 559. The number of halogens is 3. The van der Waals surface area contributed by atoms with Crippen molar-refractivity contribution in [3.63, 3.8) is 0 Å². The first kappa shape index (κ1) is 14.3. The van der Waals surface area contributed by atoms with Crippen LogP contribution in [0.1, 0.15) is 0 Å². The van der Waals surface area contributed by atoms with Gasteiger partial charge in [-0.05, 0) is 12.1 Å². The summed E-state index contributed by atoms with van der Waals surface area (Å²) in [5.74, 6) is -6.54. The molecule has 0 spiro atoms. The van der Waals surface area contributed by atoms with E-state index in [0.29, 0.717) is 6.07 Å². The van der Waals surface area contributed by atoms with Gasteiger partial charge < -0.3 is 10.4 Å². The van der Waals surface area contributed by atoms with E-state index < -0.39 is 40.9 Å². The predicted molar refractivity (Wildman–Crippen MR) is 62.5 cm³/mol. The van der Waals surface area contributed by atoms with Gasteiger partial charge in [-0.1, -0.05) is 0 Å². The standard InChI is InChI=1S/C12H11F3N2O3/c13-7-1-2-8(11(15)10(7)14)16-9(18)5-17-3-6(4-17)12(19)20/h1-2,6H,3-5H2,(H,16,18)(H,19,20). The van der Waals surface area contributed by atoms with Crippen LogP contribution in [0.4, 0.5) is 18.9 Å². The molecule has 1 saturated heterocycles. The molecule has 108 valence electrons. The first-order valence-corrected chi connectivity index (χ1v) is 5.77. The monoisotopic (exact) mass is 288 g/mol. The highest BCUT2D eigenvalue weighted by atomic mass is 19.2. The molecule has 0 aromatic heterocycles. The van der Waals surface area contributed by atoms with Crippen LogP contribution < -0.4 is 5.32 Å². The van der Waals surface area contributed by atoms with E-state index in [-0.39, 0.29) is 19.6 Å². The Morgan fingerprint density at radius 3 is 2.50 bits per heavy atom. The van der Waals surface area contributed by atoms with Gasteiger partial charge in [0, 0.05) is 13.1 Å². The van der Waals surface area contributed by atoms with Crippen LogP contribution in [0, 0.1) is 23.4 Å². The molecule has 0 bridgehead atoms. The second kappa shape index (κ2) is 5.49. The van der Waals surface area contributed by atoms with Crippen LogP contribution in [0.2, 0.25) is 0 Å². The molecule has 2 N–H and O–H groups in total. The Hall–Kier alpha value is -2.09. The number of hydrogen-bond acceptors (Lipinski definition) is 3. The Morgan fingerprint density at radius 2 is 1.90 bits per heavy atom. The second-order valence-electron chi connectivity index (χ2n) is 4.50. The van der Waals surface area contributed by atoms with E-state index in [1.807, 2.05) is 0 Å². The van der Waals surface area contributed by atoms with Gasteiger partial charge >= 0.3 is 5.97 Å². The highest BCUT2D eigenvalue weighted by Crippen LogP contribution is 2.20. The van der Waals surface area contributed by atoms with Gasteiger partial charge in [0.1, 0.15) is 0 Å². The molecular weight excluding hydrogens is 277 g/mol. The third kappa shape index (κ3) is 2.90. The van der Waals surface area contributed by atoms with Gasteiger partial charge in [0.2, 0.25) is 5.91 Å². The molecule has 1 amide bonds. The quantitative estimate of drug-likeness (QED) is 0.813. The zero-order valence-corrected chi connectivity index (χ0v) is 10.2. The summed E-state index contributed by atoms with van der Waals surface area (Å²) in [4.78, 5) is 23.7. The number of carboxylic acids is 1. The number of carbonyl (C=O) groups is 2. The molecule has 2 rings (SSSR count). The lowest BCUT2D eigenvalue weighted by Crippen LogP contribution is -2.52. The van der Waals surface area contributed by atoms with Gasteiger partial charge in [0.05, 0.1) is 18.2 Å². The Kier molecular flexibility index (Phi) is 3.93. The number of rotatable bonds is 4. The van der Waals surface area contributed by atoms with Gasteiger partial charge in [-0.2, -0.15) is 0 Å². The third-order valence-corrected chi connectivity index (χ3v) is 2.98. The molecule has 1 aliphatic heterocycles. The number of aliphatic carboxylic acids is 1. The summed E-state index contributed by atoms with van der Waals surface area (Å²) >= 11 is 0. The van der Waals surface area contributed by atoms with E-state index in [9.17, 15) is 22.8 Å². The van der Waals surface area contributed by atoms with E-state index in [1.165, 1.54) is 0 Å². The predicted octanol–water partition coefficient (Wildman–Crippen LogP) is 1.06. The van der Waals surface area contributed by atoms with Gasteiger partial charge in [0.25, 0.3) is 0 Å². The lowest BCUT2D eigenvalue weighted by Gasteiger charge is -2.35. The zero-order chi connectivity index (χ0) is 14.9. The normalized spacial score (nSPS) is 15.8. The van der Waals surface area contributed by atoms with E-state index in [2.05, 4.69) is 5.32 Å². The second-order valence-corrected chi connectivity index (χ2v) is 4.50. The molecule has 0 radical (unpaired) electrons. The Balaban J connectivity index is 1.90. The summed E-state index contributed by atoms with van der Waals surface area (Å²) in [5, 5.41) is 10.8. The minimum absolute atomic E-state index is 0.137. The number of likely N-dealkylation sites (tertiary alicyclic amines) is 1. The van der Waals surface area contributed by atoms with Gasteiger partial charge in [-0.3, -0.25) is 14.5 Å². The Morgan fingerprint density at radius 1 is 1.25 bits per heavy atom. The number of benzene rings is 1. The maximum Gasteiger partial charge on any atom is 0.309 e. The number of hydrogen-bond donors (Lipinski definition) is 2. The summed E-state index contributed by atoms with van der Waals surface area (Å²) < 4.78 is 38.9. The van der Waals surface area contributed by atoms with Crippen molar-refractivity contribution in [1.29, 1.82) is 0 Å². The molecule has 0 aliphatic carbocycles. The SMILES string of the molecule is O=C(CN1CC(C(=O)O)C1)Nc1ccc(F)c(F)c1F. The maximum absolute atomic E-state index is 13.3. The first-order valence-electron chi connectivity index (χ1n) is 5.77. The molecule has 0 unspecified atom stereocenters. The van der Waals surface area contributed by atoms with Crippen LogP contribution in [-0.2, 0) is 9.59 Å². The zero-order valence-electron chi connectivity index (χ0n) is 10.2. The fourth-order valence-corrected chi connectivity index (χ4v) is 1.87. The van der Waals surface area contributed by atoms with Crippen LogP contribution in [0.3, 0.4) is 0 Å². The summed E-state index contributed by atoms with van der Waals surface area (Å²) in [6.45, 7) is 0.314. The minimum atomic E-state index is -1.65.